The number of anilines is 2. The molecule has 4 atom stereocenters. The summed E-state index contributed by atoms with van der Waals surface area (Å²) < 4.78 is 27.3. The van der Waals surface area contributed by atoms with Crippen LogP contribution in [0.3, 0.4) is 0 Å². The maximum absolute atomic E-state index is 13.7. The van der Waals surface area contributed by atoms with Gasteiger partial charge in [0, 0.05) is 48.1 Å². The topological polar surface area (TPSA) is 41.1 Å². The van der Waals surface area contributed by atoms with Gasteiger partial charge in [0.05, 0.1) is 0 Å². The predicted molar refractivity (Wildman–Crippen MR) is 98.6 cm³/mol. The number of carbonyl (C=O) groups excluding carboxylic acids is 1. The highest BCUT2D eigenvalue weighted by molar-refractivity contribution is 5.86. The van der Waals surface area contributed by atoms with E-state index in [1.54, 1.807) is 12.1 Å². The first kappa shape index (κ1) is 17.0. The number of hydrogen-bond acceptors (Lipinski definition) is 3. The van der Waals surface area contributed by atoms with Crippen molar-refractivity contribution in [2.75, 3.05) is 23.7 Å². The Morgan fingerprint density at radius 2 is 1.31 bits per heavy atom. The van der Waals surface area contributed by atoms with Gasteiger partial charge in [-0.1, -0.05) is 13.8 Å². The highest BCUT2D eigenvalue weighted by atomic mass is 19.1. The van der Waals surface area contributed by atoms with Crippen molar-refractivity contribution in [3.8, 4) is 0 Å². The second kappa shape index (κ2) is 6.38. The van der Waals surface area contributed by atoms with E-state index in [1.807, 2.05) is 13.8 Å². The lowest BCUT2D eigenvalue weighted by molar-refractivity contribution is -0.126. The molecule has 2 aliphatic heterocycles. The molecular formula is C21H22F2N2O. The predicted octanol–water partition coefficient (Wildman–Crippen LogP) is 4.52. The van der Waals surface area contributed by atoms with Crippen LogP contribution >= 0.6 is 0 Å². The molecule has 2 aromatic rings. The summed E-state index contributed by atoms with van der Waals surface area (Å²) in [6, 6.07) is 9.36. The monoisotopic (exact) mass is 356 g/mol. The number of hydrogen-bond donors (Lipinski definition) is 2. The van der Waals surface area contributed by atoms with Gasteiger partial charge in [-0.25, -0.2) is 8.78 Å². The van der Waals surface area contributed by atoms with Gasteiger partial charge in [0.2, 0.25) is 0 Å². The third kappa shape index (κ3) is 2.75. The summed E-state index contributed by atoms with van der Waals surface area (Å²) in [5.74, 6) is -0.993. The first-order chi connectivity index (χ1) is 12.5. The Bertz CT molecular complexity index is 798. The summed E-state index contributed by atoms with van der Waals surface area (Å²) in [6.07, 6.45) is 0. The SMILES string of the molecule is CC(C(=O)C(C)C1CNc2ccc(F)cc21)C1CNc2ccc(F)cc21. The van der Waals surface area contributed by atoms with Gasteiger partial charge in [-0.2, -0.15) is 0 Å². The van der Waals surface area contributed by atoms with Crippen molar-refractivity contribution in [1.29, 1.82) is 0 Å². The fourth-order valence-electron chi connectivity index (χ4n) is 4.37. The zero-order valence-corrected chi connectivity index (χ0v) is 14.9. The molecule has 0 aromatic heterocycles. The molecule has 2 N–H and O–H groups in total. The van der Waals surface area contributed by atoms with Crippen LogP contribution in [0.15, 0.2) is 36.4 Å². The number of halogens is 2. The fraction of sp³-hybridized carbons (Fsp3) is 0.381. The van der Waals surface area contributed by atoms with Crippen LogP contribution in [-0.4, -0.2) is 18.9 Å². The molecule has 4 unspecified atom stereocenters. The molecule has 0 fully saturated rings. The molecular weight excluding hydrogens is 334 g/mol. The first-order valence-electron chi connectivity index (χ1n) is 9.06. The van der Waals surface area contributed by atoms with Crippen LogP contribution in [0.1, 0.15) is 36.8 Å². The van der Waals surface area contributed by atoms with Gasteiger partial charge < -0.3 is 10.6 Å². The summed E-state index contributed by atoms with van der Waals surface area (Å²) in [5, 5.41) is 6.53. The number of nitrogens with one attached hydrogen (secondary N) is 2. The molecule has 0 aliphatic carbocycles. The molecule has 0 spiro atoms. The zero-order chi connectivity index (χ0) is 18.4. The average molecular weight is 356 g/mol. The Morgan fingerprint density at radius 1 is 0.885 bits per heavy atom. The number of carbonyl (C=O) groups is 1. The van der Waals surface area contributed by atoms with Crippen molar-refractivity contribution in [3.05, 3.63) is 59.2 Å². The molecule has 136 valence electrons. The molecule has 0 bridgehead atoms. The Labute approximate surface area is 151 Å². The normalized spacial score (nSPS) is 22.8. The standard InChI is InChI=1S/C21H22F2N2O/c1-11(17-9-24-19-5-3-13(22)7-15(17)19)21(26)12(2)18-10-25-20-6-4-14(23)8-16(18)20/h3-8,11-12,17-18,24-25H,9-10H2,1-2H3. The summed E-state index contributed by atoms with van der Waals surface area (Å²) in [4.78, 5) is 13.2. The van der Waals surface area contributed by atoms with E-state index in [-0.39, 0.29) is 41.1 Å². The molecule has 0 saturated carbocycles. The fourth-order valence-corrected chi connectivity index (χ4v) is 4.37. The van der Waals surface area contributed by atoms with Crippen LogP contribution in [0.2, 0.25) is 0 Å². The Hall–Kier alpha value is -2.43. The molecule has 26 heavy (non-hydrogen) atoms. The number of fused-ring (bicyclic) bond motifs is 2. The minimum absolute atomic E-state index is 0.0445. The van der Waals surface area contributed by atoms with E-state index in [4.69, 9.17) is 0 Å². The molecule has 4 rings (SSSR count). The minimum atomic E-state index is -0.283. The van der Waals surface area contributed by atoms with E-state index in [1.165, 1.54) is 24.3 Å². The largest absolute Gasteiger partial charge is 0.384 e. The third-order valence-corrected chi connectivity index (χ3v) is 5.96. The second-order valence-electron chi connectivity index (χ2n) is 7.42. The number of benzene rings is 2. The van der Waals surface area contributed by atoms with Gasteiger partial charge in [-0.05, 0) is 47.5 Å². The summed E-state index contributed by atoms with van der Waals surface area (Å²) in [6.45, 7) is 5.10. The lowest BCUT2D eigenvalue weighted by atomic mass is 9.76. The zero-order valence-electron chi connectivity index (χ0n) is 14.9. The summed E-state index contributed by atoms with van der Waals surface area (Å²) >= 11 is 0. The number of Topliss-reactive ketones (excluding diaryl/α,β-unsaturated/α-hetero) is 1. The van der Waals surface area contributed by atoms with Crippen LogP contribution in [0.5, 0.6) is 0 Å². The van der Waals surface area contributed by atoms with E-state index in [0.29, 0.717) is 13.1 Å². The van der Waals surface area contributed by atoms with E-state index >= 15 is 0 Å². The van der Waals surface area contributed by atoms with Crippen molar-refractivity contribution < 1.29 is 13.6 Å². The second-order valence-corrected chi connectivity index (χ2v) is 7.42. The van der Waals surface area contributed by atoms with Gasteiger partial charge in [-0.15, -0.1) is 0 Å². The van der Waals surface area contributed by atoms with E-state index in [2.05, 4.69) is 10.6 Å². The highest BCUT2D eigenvalue weighted by Crippen LogP contribution is 2.42. The number of ketones is 1. The lowest BCUT2D eigenvalue weighted by Crippen LogP contribution is -2.30. The van der Waals surface area contributed by atoms with Crippen LogP contribution in [0.25, 0.3) is 0 Å². The maximum Gasteiger partial charge on any atom is 0.139 e. The number of rotatable bonds is 4. The van der Waals surface area contributed by atoms with Gasteiger partial charge in [0.25, 0.3) is 0 Å². The van der Waals surface area contributed by atoms with Crippen LogP contribution in [0, 0.1) is 23.5 Å². The van der Waals surface area contributed by atoms with E-state index in [0.717, 1.165) is 22.5 Å². The highest BCUT2D eigenvalue weighted by Gasteiger charge is 2.38. The van der Waals surface area contributed by atoms with E-state index in [9.17, 15) is 13.6 Å². The Morgan fingerprint density at radius 3 is 1.73 bits per heavy atom. The first-order valence-corrected chi connectivity index (χ1v) is 9.06. The van der Waals surface area contributed by atoms with Crippen molar-refractivity contribution >= 4 is 17.2 Å². The lowest BCUT2D eigenvalue weighted by Gasteiger charge is -2.25. The van der Waals surface area contributed by atoms with Gasteiger partial charge in [-0.3, -0.25) is 4.79 Å². The quantitative estimate of drug-likeness (QED) is 0.846. The molecule has 2 heterocycles. The smallest absolute Gasteiger partial charge is 0.139 e. The van der Waals surface area contributed by atoms with Crippen molar-refractivity contribution in [1.82, 2.24) is 0 Å². The third-order valence-electron chi connectivity index (χ3n) is 5.96. The molecule has 2 aromatic carbocycles. The molecule has 0 radical (unpaired) electrons. The van der Waals surface area contributed by atoms with Crippen molar-refractivity contribution in [2.24, 2.45) is 11.8 Å². The summed E-state index contributed by atoms with van der Waals surface area (Å²) in [7, 11) is 0. The Kier molecular flexibility index (Phi) is 4.17. The average Bonchev–Trinajstić information content (AvgIpc) is 3.23. The van der Waals surface area contributed by atoms with Crippen LogP contribution in [0.4, 0.5) is 20.2 Å². The van der Waals surface area contributed by atoms with Crippen molar-refractivity contribution in [3.63, 3.8) is 0 Å². The van der Waals surface area contributed by atoms with Gasteiger partial charge in [0.15, 0.2) is 0 Å². The molecule has 2 aliphatic rings. The van der Waals surface area contributed by atoms with E-state index < -0.39 is 0 Å². The maximum atomic E-state index is 13.7. The molecule has 0 amide bonds. The summed E-state index contributed by atoms with van der Waals surface area (Å²) in [5.41, 5.74) is 3.54. The van der Waals surface area contributed by atoms with Gasteiger partial charge in [0.1, 0.15) is 17.4 Å². The van der Waals surface area contributed by atoms with Gasteiger partial charge >= 0.3 is 0 Å². The molecule has 3 nitrogen and oxygen atoms in total. The van der Waals surface area contributed by atoms with Crippen LogP contribution < -0.4 is 10.6 Å². The molecule has 5 heteroatoms. The minimum Gasteiger partial charge on any atom is -0.384 e. The van der Waals surface area contributed by atoms with Crippen molar-refractivity contribution in [2.45, 2.75) is 25.7 Å². The molecule has 0 saturated heterocycles. The Balaban J connectivity index is 1.56. The van der Waals surface area contributed by atoms with Crippen LogP contribution in [-0.2, 0) is 4.79 Å².